The zero-order valence-corrected chi connectivity index (χ0v) is 13.4. The van der Waals surface area contributed by atoms with Crippen LogP contribution in [0.2, 0.25) is 0 Å². The number of aliphatic carboxylic acids is 2. The van der Waals surface area contributed by atoms with Gasteiger partial charge in [-0.3, -0.25) is 0 Å². The van der Waals surface area contributed by atoms with Crippen LogP contribution in [0.5, 0.6) is 5.75 Å². The average molecular weight is 347 g/mol. The van der Waals surface area contributed by atoms with Crippen LogP contribution in [0.4, 0.5) is 4.39 Å². The van der Waals surface area contributed by atoms with Gasteiger partial charge in [-0.25, -0.2) is 14.0 Å². The summed E-state index contributed by atoms with van der Waals surface area (Å²) in [4.78, 5) is 18.2. The predicted molar refractivity (Wildman–Crippen MR) is 82.7 cm³/mol. The quantitative estimate of drug-likeness (QED) is 0.417. The van der Waals surface area contributed by atoms with Crippen molar-refractivity contribution in [3.8, 4) is 5.75 Å². The lowest BCUT2D eigenvalue weighted by Gasteiger charge is -2.07. The molecule has 3 N–H and O–H groups in total. The zero-order valence-electron chi connectivity index (χ0n) is 13.4. The molecule has 8 nitrogen and oxygen atoms in total. The van der Waals surface area contributed by atoms with Crippen molar-refractivity contribution < 1.29 is 38.4 Å². The van der Waals surface area contributed by atoms with E-state index in [4.69, 9.17) is 34.0 Å². The molecule has 9 heteroatoms. The second-order valence-corrected chi connectivity index (χ2v) is 4.27. The molecule has 136 valence electrons. The summed E-state index contributed by atoms with van der Waals surface area (Å²) in [7, 11) is 1.67. The highest BCUT2D eigenvalue weighted by Gasteiger charge is 2.04. The highest BCUT2D eigenvalue weighted by Crippen LogP contribution is 2.10. The van der Waals surface area contributed by atoms with Crippen LogP contribution < -0.4 is 10.1 Å². The SMILES string of the molecule is COCCNCCOCCOc1ccc(F)cc1.O=C(O)C(=O)O. The molecule has 0 unspecified atom stereocenters. The van der Waals surface area contributed by atoms with E-state index < -0.39 is 11.9 Å². The number of benzene rings is 1. The summed E-state index contributed by atoms with van der Waals surface area (Å²) in [5.74, 6) is -3.26. The largest absolute Gasteiger partial charge is 0.491 e. The Bertz CT molecular complexity index is 455. The topological polar surface area (TPSA) is 114 Å². The molecule has 0 saturated carbocycles. The third-order valence-electron chi connectivity index (χ3n) is 2.40. The maximum atomic E-state index is 12.6. The smallest absolute Gasteiger partial charge is 0.414 e. The van der Waals surface area contributed by atoms with Crippen molar-refractivity contribution in [3.05, 3.63) is 30.1 Å². The third-order valence-corrected chi connectivity index (χ3v) is 2.40. The summed E-state index contributed by atoms with van der Waals surface area (Å²) in [5, 5.41) is 18.0. The molecule has 0 radical (unpaired) electrons. The fourth-order valence-electron chi connectivity index (χ4n) is 1.29. The number of rotatable bonds is 10. The minimum Gasteiger partial charge on any atom is -0.491 e. The molecule has 0 aliphatic heterocycles. The molecule has 0 heterocycles. The Morgan fingerprint density at radius 2 is 1.58 bits per heavy atom. The Kier molecular flexibility index (Phi) is 13.0. The van der Waals surface area contributed by atoms with Crippen LogP contribution in [-0.4, -0.2) is 68.8 Å². The Balaban J connectivity index is 0.000000754. The fraction of sp³-hybridized carbons (Fsp3) is 0.467. The Morgan fingerprint density at radius 1 is 1.00 bits per heavy atom. The lowest BCUT2D eigenvalue weighted by Crippen LogP contribution is -2.24. The summed E-state index contributed by atoms with van der Waals surface area (Å²) in [6.45, 7) is 3.93. The number of methoxy groups -OCH3 is 1. The second kappa shape index (κ2) is 14.4. The maximum Gasteiger partial charge on any atom is 0.414 e. The molecule has 0 aliphatic carbocycles. The molecular weight excluding hydrogens is 325 g/mol. The first kappa shape index (κ1) is 21.8. The molecule has 0 aromatic heterocycles. The molecule has 0 spiro atoms. The number of hydrogen-bond donors (Lipinski definition) is 3. The van der Waals surface area contributed by atoms with E-state index >= 15 is 0 Å². The van der Waals surface area contributed by atoms with Gasteiger partial charge in [-0.15, -0.1) is 0 Å². The Morgan fingerprint density at radius 3 is 2.12 bits per heavy atom. The number of ether oxygens (including phenoxy) is 3. The van der Waals surface area contributed by atoms with Crippen molar-refractivity contribution in [2.24, 2.45) is 0 Å². The van der Waals surface area contributed by atoms with Gasteiger partial charge in [-0.2, -0.15) is 0 Å². The molecule has 0 aliphatic rings. The third kappa shape index (κ3) is 13.4. The Hall–Kier alpha value is -2.23. The first-order valence-electron chi connectivity index (χ1n) is 7.09. The van der Waals surface area contributed by atoms with Crippen molar-refractivity contribution >= 4 is 11.9 Å². The van der Waals surface area contributed by atoms with Crippen molar-refractivity contribution in [2.45, 2.75) is 0 Å². The molecular formula is C15H22FNO7. The molecule has 1 aromatic rings. The lowest BCUT2D eigenvalue weighted by atomic mass is 10.3. The lowest BCUT2D eigenvalue weighted by molar-refractivity contribution is -0.159. The van der Waals surface area contributed by atoms with Gasteiger partial charge in [-0.05, 0) is 24.3 Å². The van der Waals surface area contributed by atoms with Crippen LogP contribution in [0.15, 0.2) is 24.3 Å². The zero-order chi connectivity index (χ0) is 18.2. The molecule has 0 fully saturated rings. The minimum atomic E-state index is -1.82. The van der Waals surface area contributed by atoms with E-state index in [-0.39, 0.29) is 5.82 Å². The van der Waals surface area contributed by atoms with E-state index in [1.54, 1.807) is 19.2 Å². The van der Waals surface area contributed by atoms with Crippen LogP contribution in [0.25, 0.3) is 0 Å². The number of halogens is 1. The van der Waals surface area contributed by atoms with Crippen LogP contribution in [0.3, 0.4) is 0 Å². The monoisotopic (exact) mass is 347 g/mol. The van der Waals surface area contributed by atoms with Gasteiger partial charge in [0.1, 0.15) is 18.2 Å². The average Bonchev–Trinajstić information content (AvgIpc) is 2.55. The van der Waals surface area contributed by atoms with Crippen LogP contribution >= 0.6 is 0 Å². The van der Waals surface area contributed by atoms with Gasteiger partial charge < -0.3 is 29.7 Å². The maximum absolute atomic E-state index is 12.6. The first-order valence-corrected chi connectivity index (χ1v) is 7.09. The number of carbonyl (C=O) groups is 2. The number of hydrogen-bond acceptors (Lipinski definition) is 6. The van der Waals surface area contributed by atoms with Crippen LogP contribution in [0, 0.1) is 5.82 Å². The number of carboxylic acids is 2. The van der Waals surface area contributed by atoms with Gasteiger partial charge >= 0.3 is 11.9 Å². The molecule has 1 aromatic carbocycles. The van der Waals surface area contributed by atoms with Crippen molar-refractivity contribution in [1.82, 2.24) is 5.32 Å². The fourth-order valence-corrected chi connectivity index (χ4v) is 1.29. The molecule has 0 amide bonds. The van der Waals surface area contributed by atoms with E-state index in [9.17, 15) is 4.39 Å². The first-order chi connectivity index (χ1) is 11.5. The normalized spacial score (nSPS) is 9.75. The number of carboxylic acid groups (broad SMARTS) is 2. The van der Waals surface area contributed by atoms with Gasteiger partial charge in [0.2, 0.25) is 0 Å². The van der Waals surface area contributed by atoms with Gasteiger partial charge in [0, 0.05) is 20.2 Å². The summed E-state index contributed by atoms with van der Waals surface area (Å²) in [5.41, 5.74) is 0. The minimum absolute atomic E-state index is 0.263. The van der Waals surface area contributed by atoms with Gasteiger partial charge in [0.05, 0.1) is 19.8 Å². The second-order valence-electron chi connectivity index (χ2n) is 4.27. The molecule has 0 atom stereocenters. The highest BCUT2D eigenvalue weighted by molar-refractivity contribution is 6.27. The predicted octanol–water partition coefficient (Wildman–Crippen LogP) is 0.613. The van der Waals surface area contributed by atoms with Gasteiger partial charge in [0.15, 0.2) is 0 Å². The van der Waals surface area contributed by atoms with Gasteiger partial charge in [0.25, 0.3) is 0 Å². The van der Waals surface area contributed by atoms with Crippen molar-refractivity contribution in [2.75, 3.05) is 46.6 Å². The van der Waals surface area contributed by atoms with E-state index in [1.807, 2.05) is 0 Å². The number of nitrogens with one attached hydrogen (secondary N) is 1. The summed E-state index contributed by atoms with van der Waals surface area (Å²) in [6, 6.07) is 5.94. The summed E-state index contributed by atoms with van der Waals surface area (Å²) < 4.78 is 28.2. The highest BCUT2D eigenvalue weighted by atomic mass is 19.1. The van der Waals surface area contributed by atoms with E-state index in [2.05, 4.69) is 5.32 Å². The molecule has 1 rings (SSSR count). The van der Waals surface area contributed by atoms with Crippen molar-refractivity contribution in [3.63, 3.8) is 0 Å². The Labute approximate surface area is 139 Å². The summed E-state index contributed by atoms with van der Waals surface area (Å²) in [6.07, 6.45) is 0. The van der Waals surface area contributed by atoms with E-state index in [0.717, 1.165) is 13.1 Å². The van der Waals surface area contributed by atoms with E-state index in [1.165, 1.54) is 12.1 Å². The van der Waals surface area contributed by atoms with Crippen LogP contribution in [-0.2, 0) is 19.1 Å². The van der Waals surface area contributed by atoms with Crippen molar-refractivity contribution in [1.29, 1.82) is 0 Å². The molecule has 0 saturated heterocycles. The van der Waals surface area contributed by atoms with Crippen LogP contribution in [0.1, 0.15) is 0 Å². The van der Waals surface area contributed by atoms with Gasteiger partial charge in [-0.1, -0.05) is 0 Å². The molecule has 24 heavy (non-hydrogen) atoms. The standard InChI is InChI=1S/C13H20FNO3.C2H2O4/c1-16-8-6-15-7-9-17-10-11-18-13-4-2-12(14)3-5-13;3-1(4)2(5)6/h2-5,15H,6-11H2,1H3;(H,3,4)(H,5,6). The summed E-state index contributed by atoms with van der Waals surface area (Å²) >= 11 is 0. The van der Waals surface area contributed by atoms with E-state index in [0.29, 0.717) is 32.2 Å². The molecule has 0 bridgehead atoms.